The van der Waals surface area contributed by atoms with Gasteiger partial charge in [-0.2, -0.15) is 0 Å². The van der Waals surface area contributed by atoms with Gasteiger partial charge in [0.2, 0.25) is 0 Å². The van der Waals surface area contributed by atoms with Crippen LogP contribution in [-0.4, -0.2) is 21.4 Å². The average Bonchev–Trinajstić information content (AvgIpc) is 2.27. The van der Waals surface area contributed by atoms with Crippen LogP contribution in [0.4, 0.5) is 0 Å². The first kappa shape index (κ1) is 11.6. The fourth-order valence-corrected chi connectivity index (χ4v) is 1.71. The van der Waals surface area contributed by atoms with Gasteiger partial charge < -0.3 is 10.2 Å². The topological polar surface area (TPSA) is 40.5 Å². The first-order valence-corrected chi connectivity index (χ1v) is 5.40. The van der Waals surface area contributed by atoms with Gasteiger partial charge in [0, 0.05) is 0 Å². The van der Waals surface area contributed by atoms with E-state index in [4.69, 9.17) is 0 Å². The van der Waals surface area contributed by atoms with Gasteiger partial charge in [-0.05, 0) is 39.5 Å². The molecule has 0 saturated heterocycles. The van der Waals surface area contributed by atoms with Crippen molar-refractivity contribution in [2.45, 2.75) is 63.6 Å². The Hall–Kier alpha value is -0.520. The molecule has 80 valence electrons. The van der Waals surface area contributed by atoms with E-state index in [0.29, 0.717) is 0 Å². The minimum Gasteiger partial charge on any atom is -0.378 e. The van der Waals surface area contributed by atoms with E-state index >= 15 is 0 Å². The fraction of sp³-hybridized carbons (Fsp3) is 0.833. The predicted molar refractivity (Wildman–Crippen MR) is 56.7 cm³/mol. The standard InChI is InChI=1S/C12H20O2/c1-11(2,13)9-10-12(14)7-5-3-4-6-8-12/h13-14H,3-8H2,1-2H3. The van der Waals surface area contributed by atoms with Gasteiger partial charge in [-0.25, -0.2) is 0 Å². The average molecular weight is 196 g/mol. The minimum absolute atomic E-state index is 0.746. The Bertz CT molecular complexity index is 231. The summed E-state index contributed by atoms with van der Waals surface area (Å²) in [6.45, 7) is 3.28. The molecule has 0 bridgehead atoms. The van der Waals surface area contributed by atoms with Crippen LogP contribution in [0.5, 0.6) is 0 Å². The summed E-state index contributed by atoms with van der Waals surface area (Å²) in [4.78, 5) is 0. The summed E-state index contributed by atoms with van der Waals surface area (Å²) in [6, 6.07) is 0. The molecule has 0 aliphatic heterocycles. The second kappa shape index (κ2) is 4.33. The van der Waals surface area contributed by atoms with Crippen molar-refractivity contribution in [3.8, 4) is 11.8 Å². The van der Waals surface area contributed by atoms with Crippen molar-refractivity contribution in [2.24, 2.45) is 0 Å². The van der Waals surface area contributed by atoms with Gasteiger partial charge in [-0.1, -0.05) is 24.7 Å². The maximum Gasteiger partial charge on any atom is 0.125 e. The van der Waals surface area contributed by atoms with Crippen molar-refractivity contribution in [3.05, 3.63) is 0 Å². The Labute approximate surface area is 86.3 Å². The van der Waals surface area contributed by atoms with Gasteiger partial charge in [0.05, 0.1) is 0 Å². The number of hydrogen-bond acceptors (Lipinski definition) is 2. The molecule has 1 rings (SSSR count). The van der Waals surface area contributed by atoms with Gasteiger partial charge in [-0.15, -0.1) is 0 Å². The quantitative estimate of drug-likeness (QED) is 0.458. The van der Waals surface area contributed by atoms with Gasteiger partial charge in [0.15, 0.2) is 0 Å². The predicted octanol–water partition coefficient (Wildman–Crippen LogP) is 1.85. The van der Waals surface area contributed by atoms with Gasteiger partial charge in [-0.3, -0.25) is 0 Å². The lowest BCUT2D eigenvalue weighted by atomic mass is 9.94. The van der Waals surface area contributed by atoms with Crippen LogP contribution in [0.25, 0.3) is 0 Å². The molecule has 1 aliphatic carbocycles. The third kappa shape index (κ3) is 4.13. The van der Waals surface area contributed by atoms with E-state index in [1.807, 2.05) is 0 Å². The van der Waals surface area contributed by atoms with Crippen molar-refractivity contribution >= 4 is 0 Å². The molecule has 0 amide bonds. The van der Waals surface area contributed by atoms with Crippen molar-refractivity contribution in [3.63, 3.8) is 0 Å². The maximum atomic E-state index is 10.1. The Balaban J connectivity index is 2.66. The minimum atomic E-state index is -0.998. The number of aliphatic hydroxyl groups is 2. The molecule has 2 N–H and O–H groups in total. The molecule has 2 nitrogen and oxygen atoms in total. The highest BCUT2D eigenvalue weighted by molar-refractivity contribution is 5.19. The van der Waals surface area contributed by atoms with Crippen LogP contribution in [-0.2, 0) is 0 Å². The van der Waals surface area contributed by atoms with E-state index < -0.39 is 11.2 Å². The molecule has 0 unspecified atom stereocenters. The molecule has 0 aromatic heterocycles. The first-order chi connectivity index (χ1) is 6.41. The van der Waals surface area contributed by atoms with Gasteiger partial charge >= 0.3 is 0 Å². The summed E-state index contributed by atoms with van der Waals surface area (Å²) in [5, 5.41) is 19.6. The lowest BCUT2D eigenvalue weighted by Crippen LogP contribution is -2.27. The normalized spacial score (nSPS) is 22.0. The molecule has 14 heavy (non-hydrogen) atoms. The number of rotatable bonds is 0. The molecule has 1 saturated carbocycles. The van der Waals surface area contributed by atoms with Crippen LogP contribution >= 0.6 is 0 Å². The molecule has 0 heterocycles. The summed E-state index contributed by atoms with van der Waals surface area (Å²) in [6.07, 6.45) is 5.94. The van der Waals surface area contributed by atoms with Crippen molar-refractivity contribution in [1.82, 2.24) is 0 Å². The zero-order valence-electron chi connectivity index (χ0n) is 9.14. The van der Waals surface area contributed by atoms with Crippen LogP contribution in [0.1, 0.15) is 52.4 Å². The van der Waals surface area contributed by atoms with Gasteiger partial charge in [0.1, 0.15) is 11.2 Å². The fourth-order valence-electron chi connectivity index (χ4n) is 1.71. The highest BCUT2D eigenvalue weighted by atomic mass is 16.3. The molecule has 0 atom stereocenters. The molecular weight excluding hydrogens is 176 g/mol. The largest absolute Gasteiger partial charge is 0.378 e. The molecular formula is C12H20O2. The summed E-state index contributed by atoms with van der Waals surface area (Å²) >= 11 is 0. The Morgan fingerprint density at radius 1 is 1.07 bits per heavy atom. The van der Waals surface area contributed by atoms with Crippen molar-refractivity contribution in [2.75, 3.05) is 0 Å². The third-order valence-corrected chi connectivity index (χ3v) is 2.53. The highest BCUT2D eigenvalue weighted by Crippen LogP contribution is 2.26. The maximum absolute atomic E-state index is 10.1. The number of hydrogen-bond donors (Lipinski definition) is 2. The Morgan fingerprint density at radius 3 is 2.00 bits per heavy atom. The van der Waals surface area contributed by atoms with E-state index in [1.165, 1.54) is 12.8 Å². The van der Waals surface area contributed by atoms with Crippen molar-refractivity contribution in [1.29, 1.82) is 0 Å². The van der Waals surface area contributed by atoms with E-state index in [2.05, 4.69) is 11.8 Å². The van der Waals surface area contributed by atoms with E-state index in [-0.39, 0.29) is 0 Å². The van der Waals surface area contributed by atoms with E-state index in [0.717, 1.165) is 25.7 Å². The van der Waals surface area contributed by atoms with Crippen LogP contribution in [0, 0.1) is 11.8 Å². The van der Waals surface area contributed by atoms with Gasteiger partial charge in [0.25, 0.3) is 0 Å². The summed E-state index contributed by atoms with van der Waals surface area (Å²) < 4.78 is 0. The first-order valence-electron chi connectivity index (χ1n) is 5.40. The summed E-state index contributed by atoms with van der Waals surface area (Å²) in [5.41, 5.74) is -1.85. The van der Waals surface area contributed by atoms with Crippen molar-refractivity contribution < 1.29 is 10.2 Å². The van der Waals surface area contributed by atoms with E-state index in [9.17, 15) is 10.2 Å². The third-order valence-electron chi connectivity index (χ3n) is 2.53. The lowest BCUT2D eigenvalue weighted by Gasteiger charge is -2.20. The van der Waals surface area contributed by atoms with Crippen LogP contribution in [0.3, 0.4) is 0 Å². The summed E-state index contributed by atoms with van der Waals surface area (Å²) in [5.74, 6) is 5.55. The smallest absolute Gasteiger partial charge is 0.125 e. The molecule has 0 aromatic carbocycles. The van der Waals surface area contributed by atoms with Crippen LogP contribution in [0.2, 0.25) is 0 Å². The monoisotopic (exact) mass is 196 g/mol. The molecule has 1 fully saturated rings. The Morgan fingerprint density at radius 2 is 1.57 bits per heavy atom. The van der Waals surface area contributed by atoms with Crippen LogP contribution < -0.4 is 0 Å². The van der Waals surface area contributed by atoms with Crippen LogP contribution in [0.15, 0.2) is 0 Å². The SMILES string of the molecule is CC(C)(O)C#CC1(O)CCCCCC1. The molecule has 2 heteroatoms. The Kier molecular flexibility index (Phi) is 3.58. The second-order valence-corrected chi connectivity index (χ2v) is 4.75. The highest BCUT2D eigenvalue weighted by Gasteiger charge is 2.25. The van der Waals surface area contributed by atoms with E-state index in [1.54, 1.807) is 13.8 Å². The zero-order chi connectivity index (χ0) is 10.7. The molecule has 0 aromatic rings. The molecule has 1 aliphatic rings. The molecule has 0 radical (unpaired) electrons. The lowest BCUT2D eigenvalue weighted by molar-refractivity contribution is 0.0826. The zero-order valence-corrected chi connectivity index (χ0v) is 9.14. The summed E-state index contributed by atoms with van der Waals surface area (Å²) in [7, 11) is 0. The second-order valence-electron chi connectivity index (χ2n) is 4.75. The molecule has 0 spiro atoms.